The molecule has 3 heterocycles. The van der Waals surface area contributed by atoms with E-state index in [1.54, 1.807) is 45.0 Å². The van der Waals surface area contributed by atoms with Crippen molar-refractivity contribution in [2.75, 3.05) is 56.8 Å². The number of nitrogens with two attached hydrogens (primary N) is 1. The van der Waals surface area contributed by atoms with Gasteiger partial charge in [-0.25, -0.2) is 15.0 Å². The smallest absolute Gasteiger partial charge is 0.426 e. The van der Waals surface area contributed by atoms with Crippen LogP contribution >= 0.6 is 15.9 Å². The summed E-state index contributed by atoms with van der Waals surface area (Å²) in [6, 6.07) is 3.41. The van der Waals surface area contributed by atoms with E-state index >= 15 is 0 Å². The van der Waals surface area contributed by atoms with Crippen LogP contribution in [-0.2, 0) is 73.3 Å². The zero-order valence-electron chi connectivity index (χ0n) is 48.0. The average molecular weight is 1220 g/mol. The van der Waals surface area contributed by atoms with Crippen LogP contribution in [0.25, 0.3) is 0 Å². The number of esters is 1. The SMILES string of the molecule is CC(=O)O[C@@H](C)/C=C\C(=O)N[C@@H]1C[C@H](C)[C@H](C/C=C(C)/C=C/[C@@H]2C[C@]3(CO3)C[C@@H](CC(=O)NNC(=O)OCc3ccc(NC(=O)[C@H](CCCNC(N)=O)NC(=O)[C@@H](NC(=O)CCOCCOCCNC(=O)CBr)C(C)C)cc3)O2)O[C@@H]1C. The first-order chi connectivity index (χ1) is 39.0. The summed E-state index contributed by atoms with van der Waals surface area (Å²) >= 11 is 3.06. The molecule has 9 amide bonds. The molecule has 0 unspecified atom stereocenters. The molecule has 10 N–H and O–H groups in total. The van der Waals surface area contributed by atoms with E-state index < -0.39 is 66.0 Å². The van der Waals surface area contributed by atoms with Crippen LogP contribution in [0.2, 0.25) is 0 Å². The van der Waals surface area contributed by atoms with Crippen LogP contribution in [0.3, 0.4) is 0 Å². The molecular weight excluding hydrogens is 1130 g/mol. The molecule has 1 aromatic rings. The maximum atomic E-state index is 13.6. The van der Waals surface area contributed by atoms with Crippen molar-refractivity contribution in [1.82, 2.24) is 37.4 Å². The van der Waals surface area contributed by atoms with Gasteiger partial charge in [0.1, 0.15) is 24.8 Å². The van der Waals surface area contributed by atoms with Crippen LogP contribution in [0, 0.1) is 11.8 Å². The Morgan fingerprint density at radius 3 is 2.23 bits per heavy atom. The van der Waals surface area contributed by atoms with Crippen LogP contribution in [0.5, 0.6) is 0 Å². The van der Waals surface area contributed by atoms with Gasteiger partial charge in [0.2, 0.25) is 35.4 Å². The molecule has 0 radical (unpaired) electrons. The first-order valence-electron chi connectivity index (χ1n) is 27.7. The largest absolute Gasteiger partial charge is 0.459 e. The summed E-state index contributed by atoms with van der Waals surface area (Å²) in [7, 11) is 0. The Morgan fingerprint density at radius 1 is 0.841 bits per heavy atom. The predicted octanol–water partition coefficient (Wildman–Crippen LogP) is 3.30. The molecule has 25 nitrogen and oxygen atoms in total. The molecule has 3 saturated heterocycles. The molecule has 4 rings (SSSR count). The molecule has 0 aromatic heterocycles. The lowest BCUT2D eigenvalue weighted by Gasteiger charge is -2.39. The summed E-state index contributed by atoms with van der Waals surface area (Å²) in [5.41, 5.74) is 11.4. The van der Waals surface area contributed by atoms with Gasteiger partial charge in [0.25, 0.3) is 0 Å². The quantitative estimate of drug-likeness (QED) is 0.00951. The Labute approximate surface area is 487 Å². The van der Waals surface area contributed by atoms with Crippen molar-refractivity contribution in [3.8, 4) is 0 Å². The summed E-state index contributed by atoms with van der Waals surface area (Å²) in [6.45, 7) is 14.3. The van der Waals surface area contributed by atoms with Gasteiger partial charge in [0.15, 0.2) is 0 Å². The first-order valence-corrected chi connectivity index (χ1v) is 28.8. The molecule has 10 atom stereocenters. The number of hydrogen-bond acceptors (Lipinski definition) is 16. The molecule has 3 fully saturated rings. The molecule has 82 heavy (non-hydrogen) atoms. The minimum atomic E-state index is -1.08. The van der Waals surface area contributed by atoms with E-state index in [4.69, 9.17) is 38.9 Å². The molecule has 0 saturated carbocycles. The Balaban J connectivity index is 1.18. The minimum absolute atomic E-state index is 0.0352. The van der Waals surface area contributed by atoms with E-state index in [0.717, 1.165) is 12.0 Å². The Morgan fingerprint density at radius 2 is 1.56 bits per heavy atom. The lowest BCUT2D eigenvalue weighted by Crippen LogP contribution is -2.54. The zero-order chi connectivity index (χ0) is 60.2. The van der Waals surface area contributed by atoms with E-state index in [2.05, 4.69) is 71.7 Å². The number of benzene rings is 1. The molecule has 1 spiro atoms. The highest BCUT2D eigenvalue weighted by molar-refractivity contribution is 9.09. The Bertz CT molecular complexity index is 2390. The third-order valence-electron chi connectivity index (χ3n) is 13.5. The minimum Gasteiger partial charge on any atom is -0.459 e. The van der Waals surface area contributed by atoms with Crippen molar-refractivity contribution >= 4 is 75.2 Å². The van der Waals surface area contributed by atoms with Crippen molar-refractivity contribution in [2.45, 2.75) is 161 Å². The van der Waals surface area contributed by atoms with Crippen molar-refractivity contribution < 1.29 is 76.3 Å². The topological polar surface area (TPSA) is 344 Å². The summed E-state index contributed by atoms with van der Waals surface area (Å²) in [4.78, 5) is 112. The number of hydrogen-bond donors (Lipinski definition) is 9. The molecule has 3 aliphatic heterocycles. The number of carbonyl (C=O) groups excluding carboxylic acids is 9. The van der Waals surface area contributed by atoms with E-state index in [-0.39, 0.29) is 118 Å². The maximum Gasteiger partial charge on any atom is 0.426 e. The monoisotopic (exact) mass is 1220 g/mol. The van der Waals surface area contributed by atoms with E-state index in [9.17, 15) is 43.2 Å². The first kappa shape index (κ1) is 68.1. The number of primary amides is 1. The highest BCUT2D eigenvalue weighted by atomic mass is 79.9. The number of hydrazine groups is 1. The number of amides is 9. The number of alkyl halides is 1. The fourth-order valence-corrected chi connectivity index (χ4v) is 9.18. The predicted molar refractivity (Wildman–Crippen MR) is 304 cm³/mol. The van der Waals surface area contributed by atoms with E-state index in [1.165, 1.54) is 19.1 Å². The second kappa shape index (κ2) is 35.5. The maximum absolute atomic E-state index is 13.6. The van der Waals surface area contributed by atoms with Crippen LogP contribution in [0.15, 0.2) is 60.2 Å². The van der Waals surface area contributed by atoms with Gasteiger partial charge in [0, 0.05) is 51.0 Å². The summed E-state index contributed by atoms with van der Waals surface area (Å²) in [6.07, 6.45) is 9.37. The second-order valence-electron chi connectivity index (χ2n) is 21.0. The fraction of sp³-hybridized carbons (Fsp3) is 0.625. The van der Waals surface area contributed by atoms with Crippen LogP contribution < -0.4 is 48.5 Å². The van der Waals surface area contributed by atoms with Crippen molar-refractivity contribution in [2.24, 2.45) is 17.6 Å². The highest BCUT2D eigenvalue weighted by Crippen LogP contribution is 2.43. The summed E-state index contributed by atoms with van der Waals surface area (Å²) in [5.74, 6) is -3.12. The lowest BCUT2D eigenvalue weighted by molar-refractivity contribution is -0.143. The van der Waals surface area contributed by atoms with Crippen LogP contribution in [0.1, 0.15) is 105 Å². The third-order valence-corrected chi connectivity index (χ3v) is 14.0. The molecule has 1 aromatic carbocycles. The summed E-state index contributed by atoms with van der Waals surface area (Å²) in [5, 5.41) is 16.5. The number of halogens is 1. The van der Waals surface area contributed by atoms with Crippen molar-refractivity contribution in [3.63, 3.8) is 0 Å². The second-order valence-corrected chi connectivity index (χ2v) is 21.5. The van der Waals surface area contributed by atoms with E-state index in [0.29, 0.717) is 50.3 Å². The number of nitrogens with one attached hydrogen (secondary N) is 8. The number of carbonyl (C=O) groups is 9. The number of anilines is 1. The fourth-order valence-electron chi connectivity index (χ4n) is 8.98. The normalized spacial score (nSPS) is 22.5. The van der Waals surface area contributed by atoms with Gasteiger partial charge in [-0.3, -0.25) is 39.0 Å². The van der Waals surface area contributed by atoms with Gasteiger partial charge in [-0.05, 0) is 82.1 Å². The van der Waals surface area contributed by atoms with Gasteiger partial charge >= 0.3 is 18.1 Å². The van der Waals surface area contributed by atoms with Crippen LogP contribution in [0.4, 0.5) is 15.3 Å². The average Bonchev–Trinajstić information content (AvgIpc) is 3.33. The van der Waals surface area contributed by atoms with Gasteiger partial charge in [-0.2, -0.15) is 0 Å². The highest BCUT2D eigenvalue weighted by Gasteiger charge is 2.51. The Kier molecular flexibility index (Phi) is 29.5. The summed E-state index contributed by atoms with van der Waals surface area (Å²) < 4.78 is 39.6. The molecule has 0 aliphatic carbocycles. The van der Waals surface area contributed by atoms with Gasteiger partial charge < -0.3 is 70.8 Å². The van der Waals surface area contributed by atoms with Crippen molar-refractivity contribution in [3.05, 3.63) is 65.8 Å². The zero-order valence-corrected chi connectivity index (χ0v) is 49.6. The van der Waals surface area contributed by atoms with Gasteiger partial charge in [-0.1, -0.05) is 72.6 Å². The van der Waals surface area contributed by atoms with Crippen LogP contribution in [-0.4, -0.2) is 159 Å². The third kappa shape index (κ3) is 26.6. The molecule has 26 heteroatoms. The molecule has 456 valence electrons. The van der Waals surface area contributed by atoms with E-state index in [1.807, 2.05) is 26.0 Å². The standard InChI is InChI=1S/C56H84BrN9O16/c1-34(2)51(64-48(69)20-23-76-25-26-77-24-22-59-50(71)31-57)53(73)63-44(9-8-21-60-54(58)74)52(72)61-41-15-13-40(14-16-41)32-78-55(75)66-65-49(70)28-43-30-56(33-79-56)29-42(82-43)17-10-35(3)11-18-46-36(4)27-45(38(6)81-46)62-47(68)19-12-37(5)80-39(7)67/h10-17,19,34,36-38,42-46,51H,8-9,18,20-33H2,1-7H3,(H,59,71)(H,61,72)(H,62,68)(H,63,73)(H,64,69)(H,65,70)(H,66,75)(H3,58,60,74)/b17-10+,19-12-,35-11+/t36-,37-,38+,42+,43+,44-,45+,46-,51-,56+/m0/s1. The number of epoxide rings is 1. The van der Waals surface area contributed by atoms with Crippen molar-refractivity contribution in [1.29, 1.82) is 0 Å². The lowest BCUT2D eigenvalue weighted by atomic mass is 9.88. The number of allylic oxidation sites excluding steroid dienone is 2. The molecular formula is C56H84BrN9O16. The molecule has 3 aliphatic rings. The number of rotatable bonds is 32. The van der Waals surface area contributed by atoms with Gasteiger partial charge in [0.05, 0.1) is 80.8 Å². The molecule has 0 bridgehead atoms. The Hall–Kier alpha value is -6.45. The van der Waals surface area contributed by atoms with Gasteiger partial charge in [-0.15, -0.1) is 0 Å². The number of ether oxygens (including phenoxy) is 7. The number of urea groups is 1.